The number of likely N-dealkylation sites (N-methyl/N-ethyl adjacent to an activating group) is 1. The molecule has 1 atom stereocenters. The maximum atomic E-state index is 12.5. The summed E-state index contributed by atoms with van der Waals surface area (Å²) in [5, 5.41) is -0.139. The van der Waals surface area contributed by atoms with Crippen LogP contribution in [0.1, 0.15) is 24.7 Å². The number of benzene rings is 1. The first kappa shape index (κ1) is 19.3. The normalized spacial score (nSPS) is 12.4. The molecule has 0 saturated carbocycles. The fraction of sp³-hybridized carbons (Fsp3) is 0.533. The Labute approximate surface area is 132 Å². The van der Waals surface area contributed by atoms with Gasteiger partial charge in [0, 0.05) is 13.6 Å². The molecule has 1 aromatic rings. The molecule has 0 aliphatic rings. The second-order valence-corrected chi connectivity index (χ2v) is 6.53. The van der Waals surface area contributed by atoms with Gasteiger partial charge in [0.1, 0.15) is 5.25 Å². The highest BCUT2D eigenvalue weighted by atomic mass is 35.5. The SMILES string of the molecule is CSC(C(=O)N(C)CC(C)(C)CN)c1ccccc1.Cl. The summed E-state index contributed by atoms with van der Waals surface area (Å²) in [5.74, 6) is 0.139. The summed E-state index contributed by atoms with van der Waals surface area (Å²) >= 11 is 1.57. The van der Waals surface area contributed by atoms with E-state index in [9.17, 15) is 4.79 Å². The summed E-state index contributed by atoms with van der Waals surface area (Å²) in [7, 11) is 1.85. The lowest BCUT2D eigenvalue weighted by Crippen LogP contribution is -2.41. The molecule has 0 radical (unpaired) electrons. The van der Waals surface area contributed by atoms with Crippen LogP contribution in [0.2, 0.25) is 0 Å². The third-order valence-corrected chi connectivity index (χ3v) is 4.10. The maximum Gasteiger partial charge on any atom is 0.239 e. The van der Waals surface area contributed by atoms with E-state index in [1.54, 1.807) is 16.7 Å². The summed E-state index contributed by atoms with van der Waals surface area (Å²) in [4.78, 5) is 14.3. The number of nitrogens with zero attached hydrogens (tertiary/aromatic N) is 1. The largest absolute Gasteiger partial charge is 0.344 e. The van der Waals surface area contributed by atoms with E-state index in [-0.39, 0.29) is 29.0 Å². The molecule has 0 heterocycles. The molecule has 0 aliphatic carbocycles. The zero-order valence-electron chi connectivity index (χ0n) is 12.6. The van der Waals surface area contributed by atoms with Crippen molar-refractivity contribution in [3.63, 3.8) is 0 Å². The van der Waals surface area contributed by atoms with Crippen molar-refractivity contribution in [3.8, 4) is 0 Å². The van der Waals surface area contributed by atoms with Crippen molar-refractivity contribution in [1.82, 2.24) is 4.90 Å². The highest BCUT2D eigenvalue weighted by molar-refractivity contribution is 7.99. The smallest absolute Gasteiger partial charge is 0.239 e. The first-order valence-electron chi connectivity index (χ1n) is 6.44. The molecule has 0 aromatic heterocycles. The van der Waals surface area contributed by atoms with Crippen LogP contribution in [0, 0.1) is 5.41 Å². The predicted molar refractivity (Wildman–Crippen MR) is 90.4 cm³/mol. The van der Waals surface area contributed by atoms with Crippen LogP contribution in [0.4, 0.5) is 0 Å². The van der Waals surface area contributed by atoms with E-state index in [1.165, 1.54) is 0 Å². The van der Waals surface area contributed by atoms with Gasteiger partial charge in [0.25, 0.3) is 0 Å². The van der Waals surface area contributed by atoms with Crippen molar-refractivity contribution in [2.24, 2.45) is 11.1 Å². The summed E-state index contributed by atoms with van der Waals surface area (Å²) in [6.45, 7) is 5.40. The molecular weight excluding hydrogens is 292 g/mol. The Bertz CT molecular complexity index is 412. The Morgan fingerprint density at radius 2 is 1.90 bits per heavy atom. The predicted octanol–water partition coefficient (Wildman–Crippen LogP) is 2.96. The lowest BCUT2D eigenvalue weighted by Gasteiger charge is -2.31. The second kappa shape index (κ2) is 8.55. The molecule has 1 aromatic carbocycles. The highest BCUT2D eigenvalue weighted by Crippen LogP contribution is 2.29. The molecule has 0 bridgehead atoms. The zero-order valence-corrected chi connectivity index (χ0v) is 14.3. The molecule has 114 valence electrons. The van der Waals surface area contributed by atoms with E-state index in [2.05, 4.69) is 13.8 Å². The number of nitrogens with two attached hydrogens (primary N) is 1. The minimum atomic E-state index is -0.139. The van der Waals surface area contributed by atoms with Crippen molar-refractivity contribution < 1.29 is 4.79 Å². The number of carbonyl (C=O) groups is 1. The molecule has 0 spiro atoms. The van der Waals surface area contributed by atoms with Gasteiger partial charge in [0.15, 0.2) is 0 Å². The second-order valence-electron chi connectivity index (χ2n) is 5.59. The molecule has 2 N–H and O–H groups in total. The molecular formula is C15H25ClN2OS. The highest BCUT2D eigenvalue weighted by Gasteiger charge is 2.26. The molecule has 20 heavy (non-hydrogen) atoms. The lowest BCUT2D eigenvalue weighted by molar-refractivity contribution is -0.130. The molecule has 3 nitrogen and oxygen atoms in total. The number of hydrogen-bond donors (Lipinski definition) is 1. The average molecular weight is 317 g/mol. The number of carbonyl (C=O) groups excluding carboxylic acids is 1. The van der Waals surface area contributed by atoms with Crippen LogP contribution in [0.3, 0.4) is 0 Å². The van der Waals surface area contributed by atoms with Gasteiger partial charge in [0.05, 0.1) is 0 Å². The van der Waals surface area contributed by atoms with Crippen LogP contribution < -0.4 is 5.73 Å². The Hall–Kier alpha value is -0.710. The van der Waals surface area contributed by atoms with Gasteiger partial charge in [-0.2, -0.15) is 0 Å². The van der Waals surface area contributed by atoms with E-state index in [0.717, 1.165) is 5.56 Å². The number of halogens is 1. The Morgan fingerprint density at radius 3 is 2.35 bits per heavy atom. The van der Waals surface area contributed by atoms with E-state index < -0.39 is 0 Å². The first-order valence-corrected chi connectivity index (χ1v) is 7.73. The minimum Gasteiger partial charge on any atom is -0.344 e. The zero-order chi connectivity index (χ0) is 14.5. The van der Waals surface area contributed by atoms with Gasteiger partial charge in [-0.15, -0.1) is 24.2 Å². The van der Waals surface area contributed by atoms with E-state index in [0.29, 0.717) is 13.1 Å². The standard InChI is InChI=1S/C15H24N2OS.ClH/c1-15(2,10-16)11-17(3)14(18)13(19-4)12-8-6-5-7-9-12;/h5-9,13H,10-11,16H2,1-4H3;1H. The van der Waals surface area contributed by atoms with Crippen molar-refractivity contribution >= 4 is 30.1 Å². The van der Waals surface area contributed by atoms with Gasteiger partial charge < -0.3 is 10.6 Å². The van der Waals surface area contributed by atoms with E-state index >= 15 is 0 Å². The van der Waals surface area contributed by atoms with Gasteiger partial charge in [-0.3, -0.25) is 4.79 Å². The van der Waals surface area contributed by atoms with Crippen LogP contribution in [-0.2, 0) is 4.79 Å². The quantitative estimate of drug-likeness (QED) is 0.877. The van der Waals surface area contributed by atoms with E-state index in [1.807, 2.05) is 43.6 Å². The van der Waals surface area contributed by atoms with Gasteiger partial charge >= 0.3 is 0 Å². The molecule has 0 aliphatic heterocycles. The molecule has 0 fully saturated rings. The molecule has 1 amide bonds. The van der Waals surface area contributed by atoms with Crippen molar-refractivity contribution in [2.75, 3.05) is 26.4 Å². The number of rotatable bonds is 6. The van der Waals surface area contributed by atoms with Crippen LogP contribution in [0.15, 0.2) is 30.3 Å². The summed E-state index contributed by atoms with van der Waals surface area (Å²) in [6.07, 6.45) is 1.97. The monoisotopic (exact) mass is 316 g/mol. The van der Waals surface area contributed by atoms with E-state index in [4.69, 9.17) is 5.73 Å². The minimum absolute atomic E-state index is 0. The Balaban J connectivity index is 0.00000361. The van der Waals surface area contributed by atoms with Crippen molar-refractivity contribution in [2.45, 2.75) is 19.1 Å². The average Bonchev–Trinajstić information content (AvgIpc) is 2.40. The summed E-state index contributed by atoms with van der Waals surface area (Å²) in [6, 6.07) is 9.90. The van der Waals surface area contributed by atoms with Gasteiger partial charge in [-0.1, -0.05) is 44.2 Å². The number of amides is 1. The van der Waals surface area contributed by atoms with Crippen LogP contribution in [0.25, 0.3) is 0 Å². The molecule has 1 unspecified atom stereocenters. The first-order chi connectivity index (χ1) is 8.91. The third-order valence-electron chi connectivity index (χ3n) is 3.16. The Morgan fingerprint density at radius 1 is 1.35 bits per heavy atom. The van der Waals surface area contributed by atoms with Crippen molar-refractivity contribution in [3.05, 3.63) is 35.9 Å². The van der Waals surface area contributed by atoms with Crippen molar-refractivity contribution in [1.29, 1.82) is 0 Å². The fourth-order valence-corrected chi connectivity index (χ4v) is 2.80. The summed E-state index contributed by atoms with van der Waals surface area (Å²) in [5.41, 5.74) is 6.73. The molecule has 1 rings (SSSR count). The van der Waals surface area contributed by atoms with Gasteiger partial charge in [-0.05, 0) is 23.8 Å². The summed E-state index contributed by atoms with van der Waals surface area (Å²) < 4.78 is 0. The lowest BCUT2D eigenvalue weighted by atomic mass is 9.93. The molecule has 5 heteroatoms. The third kappa shape index (κ3) is 5.35. The number of thioether (sulfide) groups is 1. The van der Waals surface area contributed by atoms with Crippen LogP contribution in [0.5, 0.6) is 0 Å². The fourth-order valence-electron chi connectivity index (χ4n) is 1.99. The maximum absolute atomic E-state index is 12.5. The van der Waals surface area contributed by atoms with Gasteiger partial charge in [0.2, 0.25) is 5.91 Å². The van der Waals surface area contributed by atoms with Crippen LogP contribution in [-0.4, -0.2) is 37.2 Å². The van der Waals surface area contributed by atoms with Crippen LogP contribution >= 0.6 is 24.2 Å². The molecule has 0 saturated heterocycles. The topological polar surface area (TPSA) is 46.3 Å². The number of hydrogen-bond acceptors (Lipinski definition) is 3. The Kier molecular flexibility index (Phi) is 8.25. The van der Waals surface area contributed by atoms with Gasteiger partial charge in [-0.25, -0.2) is 0 Å².